The van der Waals surface area contributed by atoms with E-state index < -0.39 is 11.1 Å². The second-order valence-electron chi connectivity index (χ2n) is 7.36. The van der Waals surface area contributed by atoms with Crippen molar-refractivity contribution in [3.05, 3.63) is 97.8 Å². The van der Waals surface area contributed by atoms with Gasteiger partial charge in [0.25, 0.3) is 17.1 Å². The normalized spacial score (nSPS) is 14.5. The highest BCUT2D eigenvalue weighted by molar-refractivity contribution is 8.18. The van der Waals surface area contributed by atoms with Crippen LogP contribution in [-0.4, -0.2) is 28.6 Å². The van der Waals surface area contributed by atoms with E-state index in [1.165, 1.54) is 0 Å². The lowest BCUT2D eigenvalue weighted by Gasteiger charge is -2.14. The monoisotopic (exact) mass is 546 g/mol. The third kappa shape index (κ3) is 6.18. The Morgan fingerprint density at radius 1 is 0.943 bits per heavy atom. The van der Waals surface area contributed by atoms with Crippen LogP contribution in [0.3, 0.4) is 0 Å². The van der Waals surface area contributed by atoms with E-state index in [2.05, 4.69) is 5.32 Å². The van der Waals surface area contributed by atoms with Crippen molar-refractivity contribution in [1.29, 1.82) is 0 Å². The molecule has 0 saturated carbocycles. The van der Waals surface area contributed by atoms with Crippen molar-refractivity contribution in [3.8, 4) is 5.75 Å². The number of carbonyl (C=O) groups is 3. The summed E-state index contributed by atoms with van der Waals surface area (Å²) in [4.78, 5) is 38.7. The number of para-hydroxylation sites is 1. The van der Waals surface area contributed by atoms with Crippen LogP contribution in [0.25, 0.3) is 6.08 Å². The van der Waals surface area contributed by atoms with Crippen LogP contribution in [0.4, 0.5) is 10.5 Å². The quantitative estimate of drug-likeness (QED) is 0.326. The minimum absolute atomic E-state index is 0.0287. The first kappa shape index (κ1) is 25.1. The number of anilines is 1. The molecular weight excluding hydrogens is 531 g/mol. The predicted molar refractivity (Wildman–Crippen MR) is 140 cm³/mol. The number of benzene rings is 3. The van der Waals surface area contributed by atoms with Gasteiger partial charge in [0.15, 0.2) is 6.61 Å². The van der Waals surface area contributed by atoms with Crippen LogP contribution in [0.15, 0.2) is 71.6 Å². The molecule has 6 nitrogen and oxygen atoms in total. The third-order valence-corrected chi connectivity index (χ3v) is 6.83. The van der Waals surface area contributed by atoms with Gasteiger partial charge in [0.05, 0.1) is 16.5 Å². The maximum absolute atomic E-state index is 12.9. The van der Waals surface area contributed by atoms with Gasteiger partial charge in [-0.05, 0) is 59.8 Å². The molecule has 3 amide bonds. The second-order valence-corrected chi connectivity index (χ2v) is 9.58. The first-order valence-electron chi connectivity index (χ1n) is 10.3. The fourth-order valence-corrected chi connectivity index (χ4v) is 4.81. The average molecular weight is 548 g/mol. The summed E-state index contributed by atoms with van der Waals surface area (Å²) in [6.07, 6.45) is 1.57. The highest BCUT2D eigenvalue weighted by atomic mass is 35.5. The average Bonchev–Trinajstić information content (AvgIpc) is 3.08. The van der Waals surface area contributed by atoms with E-state index in [4.69, 9.17) is 39.5 Å². The maximum Gasteiger partial charge on any atom is 0.293 e. The molecule has 10 heteroatoms. The van der Waals surface area contributed by atoms with Crippen LogP contribution in [0, 0.1) is 0 Å². The highest BCUT2D eigenvalue weighted by Gasteiger charge is 2.35. The number of hydrogen-bond acceptors (Lipinski definition) is 5. The Morgan fingerprint density at radius 3 is 2.34 bits per heavy atom. The highest BCUT2D eigenvalue weighted by Crippen LogP contribution is 2.36. The van der Waals surface area contributed by atoms with Crippen LogP contribution in [0.2, 0.25) is 15.1 Å². The third-order valence-electron chi connectivity index (χ3n) is 4.92. The molecule has 3 aromatic carbocycles. The van der Waals surface area contributed by atoms with Crippen LogP contribution in [-0.2, 0) is 16.1 Å². The molecule has 0 aliphatic carbocycles. The Hall–Kier alpha value is -2.97. The number of amides is 3. The van der Waals surface area contributed by atoms with Crippen molar-refractivity contribution in [2.45, 2.75) is 6.54 Å². The van der Waals surface area contributed by atoms with Crippen LogP contribution >= 0.6 is 46.6 Å². The number of hydrogen-bond donors (Lipinski definition) is 1. The number of rotatable bonds is 7. The maximum atomic E-state index is 12.9. The molecule has 1 N–H and O–H groups in total. The van der Waals surface area contributed by atoms with Crippen molar-refractivity contribution in [1.82, 2.24) is 4.90 Å². The first-order valence-corrected chi connectivity index (χ1v) is 12.2. The summed E-state index contributed by atoms with van der Waals surface area (Å²) in [6, 6.07) is 18.9. The van der Waals surface area contributed by atoms with Crippen molar-refractivity contribution < 1.29 is 19.1 Å². The number of thioether (sulfide) groups is 1. The molecule has 0 radical (unpaired) electrons. The number of halogens is 3. The lowest BCUT2D eigenvalue weighted by Crippen LogP contribution is -2.27. The lowest BCUT2D eigenvalue weighted by atomic mass is 10.2. The van der Waals surface area contributed by atoms with Gasteiger partial charge in [-0.1, -0.05) is 65.1 Å². The van der Waals surface area contributed by atoms with Gasteiger partial charge >= 0.3 is 0 Å². The Balaban J connectivity index is 1.41. The minimum Gasteiger partial charge on any atom is -0.482 e. The summed E-state index contributed by atoms with van der Waals surface area (Å²) in [7, 11) is 0. The summed E-state index contributed by atoms with van der Waals surface area (Å²) < 4.78 is 5.52. The lowest BCUT2D eigenvalue weighted by molar-refractivity contribution is -0.123. The molecule has 3 aromatic rings. The zero-order valence-corrected chi connectivity index (χ0v) is 21.0. The Bertz CT molecular complexity index is 1310. The Labute approximate surface area is 220 Å². The van der Waals surface area contributed by atoms with Crippen LogP contribution < -0.4 is 10.1 Å². The molecule has 178 valence electrons. The zero-order valence-electron chi connectivity index (χ0n) is 18.0. The van der Waals surface area contributed by atoms with Gasteiger partial charge in [0, 0.05) is 21.3 Å². The van der Waals surface area contributed by atoms with E-state index in [1.807, 2.05) is 18.2 Å². The van der Waals surface area contributed by atoms with E-state index in [0.29, 0.717) is 32.6 Å². The zero-order chi connectivity index (χ0) is 24.9. The Morgan fingerprint density at radius 2 is 1.66 bits per heavy atom. The second kappa shape index (κ2) is 11.2. The molecule has 1 heterocycles. The van der Waals surface area contributed by atoms with E-state index in [0.717, 1.165) is 16.7 Å². The number of nitrogens with one attached hydrogen (secondary N) is 1. The smallest absolute Gasteiger partial charge is 0.293 e. The molecule has 4 rings (SSSR count). The molecule has 0 atom stereocenters. The van der Waals surface area contributed by atoms with Gasteiger partial charge in [-0.15, -0.1) is 0 Å². The van der Waals surface area contributed by atoms with Crippen molar-refractivity contribution in [3.63, 3.8) is 0 Å². The summed E-state index contributed by atoms with van der Waals surface area (Å²) in [5.41, 5.74) is 1.76. The summed E-state index contributed by atoms with van der Waals surface area (Å²) >= 11 is 19.5. The van der Waals surface area contributed by atoms with E-state index in [1.54, 1.807) is 54.6 Å². The SMILES string of the molecule is O=C(COc1ccc(/C=C2\SC(=O)N(Cc3c(Cl)cccc3Cl)C2=O)cc1Cl)Nc1ccccc1. The predicted octanol–water partition coefficient (Wildman–Crippen LogP) is 6.90. The van der Waals surface area contributed by atoms with Crippen molar-refractivity contribution >= 4 is 75.4 Å². The number of nitrogens with zero attached hydrogens (tertiary/aromatic N) is 1. The minimum atomic E-state index is -0.454. The van der Waals surface area contributed by atoms with Crippen molar-refractivity contribution in [2.24, 2.45) is 0 Å². The van der Waals surface area contributed by atoms with Crippen molar-refractivity contribution in [2.75, 3.05) is 11.9 Å². The number of ether oxygens (including phenoxy) is 1. The van der Waals surface area contributed by atoms with Crippen LogP contribution in [0.5, 0.6) is 5.75 Å². The van der Waals surface area contributed by atoms with E-state index in [9.17, 15) is 14.4 Å². The molecule has 35 heavy (non-hydrogen) atoms. The molecule has 1 aliphatic rings. The molecule has 1 fully saturated rings. The van der Waals surface area contributed by atoms with Crippen LogP contribution in [0.1, 0.15) is 11.1 Å². The molecular formula is C25H17Cl3N2O4S. The van der Waals surface area contributed by atoms with Gasteiger partial charge in [-0.25, -0.2) is 0 Å². The number of imide groups is 1. The molecule has 1 saturated heterocycles. The summed E-state index contributed by atoms with van der Waals surface area (Å²) in [5.74, 6) is -0.470. The fourth-order valence-electron chi connectivity index (χ4n) is 3.21. The molecule has 0 unspecified atom stereocenters. The molecule has 0 spiro atoms. The largest absolute Gasteiger partial charge is 0.482 e. The summed E-state index contributed by atoms with van der Waals surface area (Å²) in [6.45, 7) is -0.253. The topological polar surface area (TPSA) is 75.7 Å². The molecule has 0 aromatic heterocycles. The molecule has 1 aliphatic heterocycles. The van der Waals surface area contributed by atoms with Gasteiger partial charge in [0.2, 0.25) is 0 Å². The number of carbonyl (C=O) groups excluding carboxylic acids is 3. The first-order chi connectivity index (χ1) is 16.8. The standard InChI is InChI=1S/C25H17Cl3N2O4S/c26-18-7-4-8-19(27)17(18)13-30-24(32)22(35-25(30)33)12-15-9-10-21(20(28)11-15)34-14-23(31)29-16-5-2-1-3-6-16/h1-12H,13-14H2,(H,29,31)/b22-12-. The molecule has 0 bridgehead atoms. The van der Waals surface area contributed by atoms with E-state index >= 15 is 0 Å². The fraction of sp³-hybridized carbons (Fsp3) is 0.0800. The van der Waals surface area contributed by atoms with Gasteiger partial charge < -0.3 is 10.1 Å². The summed E-state index contributed by atoms with van der Waals surface area (Å²) in [5, 5.41) is 3.30. The Kier molecular flexibility index (Phi) is 8.03. The van der Waals surface area contributed by atoms with Gasteiger partial charge in [0.1, 0.15) is 5.75 Å². The van der Waals surface area contributed by atoms with E-state index in [-0.39, 0.29) is 29.0 Å². The van der Waals surface area contributed by atoms with Gasteiger partial charge in [-0.2, -0.15) is 0 Å². The van der Waals surface area contributed by atoms with Gasteiger partial charge in [-0.3, -0.25) is 19.3 Å².